The van der Waals surface area contributed by atoms with Gasteiger partial charge in [-0.2, -0.15) is 4.68 Å². The van der Waals surface area contributed by atoms with Crippen LogP contribution in [0.15, 0.2) is 10.7 Å². The third-order valence-corrected chi connectivity index (χ3v) is 3.22. The molecule has 18 heavy (non-hydrogen) atoms. The minimum atomic E-state index is -0.520. The Morgan fingerprint density at radius 1 is 1.72 bits per heavy atom. The Kier molecular flexibility index (Phi) is 4.67. The van der Waals surface area contributed by atoms with Crippen LogP contribution in [-0.4, -0.2) is 40.6 Å². The lowest BCUT2D eigenvalue weighted by Gasteiger charge is -2.08. The fourth-order valence-electron chi connectivity index (χ4n) is 1.77. The number of hydrogen-bond acceptors (Lipinski definition) is 5. The van der Waals surface area contributed by atoms with Gasteiger partial charge < -0.3 is 19.6 Å². The fourth-order valence-corrected chi connectivity index (χ4v) is 2.23. The van der Waals surface area contributed by atoms with Crippen molar-refractivity contribution in [2.45, 2.75) is 25.5 Å². The normalized spacial score (nSPS) is 19.3. The van der Waals surface area contributed by atoms with Crippen LogP contribution >= 0.6 is 15.9 Å². The molecular formula is C10H14BrN3O4. The number of nitro groups is 1. The highest BCUT2D eigenvalue weighted by molar-refractivity contribution is 9.10. The minimum Gasteiger partial charge on any atom is -0.377 e. The number of hydrogen-bond donors (Lipinski definition) is 0. The van der Waals surface area contributed by atoms with E-state index in [1.165, 1.54) is 4.68 Å². The van der Waals surface area contributed by atoms with Gasteiger partial charge in [0.25, 0.3) is 0 Å². The van der Waals surface area contributed by atoms with E-state index < -0.39 is 4.92 Å². The highest BCUT2D eigenvalue weighted by Gasteiger charge is 2.19. The molecule has 1 aliphatic heterocycles. The van der Waals surface area contributed by atoms with Gasteiger partial charge in [-0.15, -0.1) is 0 Å². The summed E-state index contributed by atoms with van der Waals surface area (Å²) in [6.45, 7) is 2.33. The SMILES string of the molecule is O=[N+]([O-])c1nn(CCOCC2CCCO2)cc1Br. The summed E-state index contributed by atoms with van der Waals surface area (Å²) in [5.74, 6) is -0.172. The van der Waals surface area contributed by atoms with Gasteiger partial charge in [-0.1, -0.05) is 0 Å². The van der Waals surface area contributed by atoms with Gasteiger partial charge in [0, 0.05) is 6.61 Å². The second-order valence-corrected chi connectivity index (χ2v) is 4.89. The maximum atomic E-state index is 10.6. The molecule has 2 rings (SSSR count). The third-order valence-electron chi connectivity index (χ3n) is 2.66. The van der Waals surface area contributed by atoms with E-state index in [0.717, 1.165) is 19.4 Å². The molecule has 0 bridgehead atoms. The molecule has 0 aromatic carbocycles. The van der Waals surface area contributed by atoms with Crippen molar-refractivity contribution in [2.24, 2.45) is 0 Å². The van der Waals surface area contributed by atoms with Crippen LogP contribution in [-0.2, 0) is 16.0 Å². The molecule has 0 saturated carbocycles. The monoisotopic (exact) mass is 319 g/mol. The number of rotatable bonds is 6. The lowest BCUT2D eigenvalue weighted by atomic mass is 10.2. The van der Waals surface area contributed by atoms with Crippen molar-refractivity contribution in [1.29, 1.82) is 0 Å². The van der Waals surface area contributed by atoms with E-state index >= 15 is 0 Å². The number of aromatic nitrogens is 2. The molecule has 0 amide bonds. The van der Waals surface area contributed by atoms with Crippen LogP contribution in [0.5, 0.6) is 0 Å². The topological polar surface area (TPSA) is 79.4 Å². The van der Waals surface area contributed by atoms with Crippen LogP contribution < -0.4 is 0 Å². The van der Waals surface area contributed by atoms with Crippen molar-refractivity contribution < 1.29 is 14.4 Å². The van der Waals surface area contributed by atoms with Crippen molar-refractivity contribution >= 4 is 21.7 Å². The molecule has 1 aromatic rings. The summed E-state index contributed by atoms with van der Waals surface area (Å²) in [5.41, 5.74) is 0. The second-order valence-electron chi connectivity index (χ2n) is 4.03. The predicted molar refractivity (Wildman–Crippen MR) is 66.4 cm³/mol. The first-order valence-corrected chi connectivity index (χ1v) is 6.53. The summed E-state index contributed by atoms with van der Waals surface area (Å²) in [7, 11) is 0. The molecule has 1 saturated heterocycles. The van der Waals surface area contributed by atoms with Crippen LogP contribution in [0.2, 0.25) is 0 Å². The van der Waals surface area contributed by atoms with Crippen molar-refractivity contribution in [3.63, 3.8) is 0 Å². The van der Waals surface area contributed by atoms with Gasteiger partial charge in [0.15, 0.2) is 0 Å². The lowest BCUT2D eigenvalue weighted by molar-refractivity contribution is -0.390. The van der Waals surface area contributed by atoms with Crippen LogP contribution in [0, 0.1) is 10.1 Å². The lowest BCUT2D eigenvalue weighted by Crippen LogP contribution is -2.16. The zero-order valence-electron chi connectivity index (χ0n) is 9.75. The van der Waals surface area contributed by atoms with Gasteiger partial charge >= 0.3 is 5.82 Å². The van der Waals surface area contributed by atoms with E-state index in [1.807, 2.05) is 0 Å². The molecule has 2 heterocycles. The van der Waals surface area contributed by atoms with Crippen LogP contribution in [0.4, 0.5) is 5.82 Å². The van der Waals surface area contributed by atoms with E-state index in [-0.39, 0.29) is 11.9 Å². The number of nitrogens with zero attached hydrogens (tertiary/aromatic N) is 3. The van der Waals surface area contributed by atoms with E-state index in [4.69, 9.17) is 9.47 Å². The molecule has 8 heteroatoms. The van der Waals surface area contributed by atoms with Crippen molar-refractivity contribution in [1.82, 2.24) is 9.78 Å². The fraction of sp³-hybridized carbons (Fsp3) is 0.700. The average molecular weight is 320 g/mol. The molecule has 0 radical (unpaired) electrons. The van der Waals surface area contributed by atoms with Crippen LogP contribution in [0.25, 0.3) is 0 Å². The summed E-state index contributed by atoms with van der Waals surface area (Å²) < 4.78 is 12.8. The second kappa shape index (κ2) is 6.26. The maximum Gasteiger partial charge on any atom is 0.404 e. The summed E-state index contributed by atoms with van der Waals surface area (Å²) in [5, 5.41) is 14.4. The average Bonchev–Trinajstić information content (AvgIpc) is 2.94. The van der Waals surface area contributed by atoms with Crippen LogP contribution in [0.3, 0.4) is 0 Å². The molecule has 0 spiro atoms. The largest absolute Gasteiger partial charge is 0.404 e. The Hall–Kier alpha value is -0.990. The van der Waals surface area contributed by atoms with E-state index in [2.05, 4.69) is 21.0 Å². The molecule has 0 aliphatic carbocycles. The van der Waals surface area contributed by atoms with E-state index in [9.17, 15) is 10.1 Å². The molecule has 1 fully saturated rings. The number of halogens is 1. The summed E-state index contributed by atoms with van der Waals surface area (Å²) in [6.07, 6.45) is 3.90. The van der Waals surface area contributed by atoms with Gasteiger partial charge in [-0.25, -0.2) is 0 Å². The minimum absolute atomic E-state index is 0.172. The quantitative estimate of drug-likeness (QED) is 0.453. The van der Waals surface area contributed by atoms with Crippen molar-refractivity contribution in [3.8, 4) is 0 Å². The number of ether oxygens (including phenoxy) is 2. The van der Waals surface area contributed by atoms with Gasteiger partial charge in [0.05, 0.1) is 37.2 Å². The molecule has 7 nitrogen and oxygen atoms in total. The first-order chi connectivity index (χ1) is 8.66. The Morgan fingerprint density at radius 2 is 2.56 bits per heavy atom. The van der Waals surface area contributed by atoms with Gasteiger partial charge in [0.2, 0.25) is 0 Å². The Morgan fingerprint density at radius 3 is 3.17 bits per heavy atom. The Bertz CT molecular complexity index is 417. The molecule has 0 N–H and O–H groups in total. The zero-order valence-corrected chi connectivity index (χ0v) is 11.3. The van der Waals surface area contributed by atoms with Gasteiger partial charge in [-0.05, 0) is 33.7 Å². The summed E-state index contributed by atoms with van der Waals surface area (Å²) >= 11 is 3.09. The van der Waals surface area contributed by atoms with Gasteiger partial charge in [0.1, 0.15) is 4.47 Å². The molecule has 100 valence electrons. The first kappa shape index (κ1) is 13.4. The van der Waals surface area contributed by atoms with Crippen molar-refractivity contribution in [2.75, 3.05) is 19.8 Å². The highest BCUT2D eigenvalue weighted by Crippen LogP contribution is 2.21. The third kappa shape index (κ3) is 3.50. The Balaban J connectivity index is 1.72. The Labute approximate surface area is 112 Å². The van der Waals surface area contributed by atoms with Crippen LogP contribution in [0.1, 0.15) is 12.8 Å². The predicted octanol–water partition coefficient (Wildman–Crippen LogP) is 1.75. The molecule has 1 aliphatic rings. The molecular weight excluding hydrogens is 306 g/mol. The molecule has 1 atom stereocenters. The zero-order chi connectivity index (χ0) is 13.0. The smallest absolute Gasteiger partial charge is 0.377 e. The van der Waals surface area contributed by atoms with Gasteiger partial charge in [-0.3, -0.25) is 0 Å². The maximum absolute atomic E-state index is 10.6. The summed E-state index contributed by atoms with van der Waals surface area (Å²) in [4.78, 5) is 10.1. The standard InChI is InChI=1S/C10H14BrN3O4/c11-9-6-13(12-10(9)14(15)16)3-5-17-7-8-2-1-4-18-8/h6,8H,1-5,7H2. The molecule has 1 aromatic heterocycles. The van der Waals surface area contributed by atoms with E-state index in [0.29, 0.717) is 24.2 Å². The summed E-state index contributed by atoms with van der Waals surface area (Å²) in [6, 6.07) is 0. The molecule has 1 unspecified atom stereocenters. The van der Waals surface area contributed by atoms with E-state index in [1.54, 1.807) is 6.20 Å². The highest BCUT2D eigenvalue weighted by atomic mass is 79.9. The van der Waals surface area contributed by atoms with Crippen molar-refractivity contribution in [3.05, 3.63) is 20.8 Å². The first-order valence-electron chi connectivity index (χ1n) is 5.73.